The molecular weight excluding hydrogens is 460 g/mol. The van der Waals surface area contributed by atoms with Crippen LogP contribution < -0.4 is 14.2 Å². The summed E-state index contributed by atoms with van der Waals surface area (Å²) in [5.74, 6) is 0.691. The lowest BCUT2D eigenvalue weighted by Gasteiger charge is -2.35. The van der Waals surface area contributed by atoms with Gasteiger partial charge >= 0.3 is 5.97 Å². The summed E-state index contributed by atoms with van der Waals surface area (Å²) in [6, 6.07) is 12.8. The summed E-state index contributed by atoms with van der Waals surface area (Å²) >= 11 is 0. The first-order valence-electron chi connectivity index (χ1n) is 12.2. The van der Waals surface area contributed by atoms with Gasteiger partial charge in [0.05, 0.1) is 38.1 Å². The van der Waals surface area contributed by atoms with Gasteiger partial charge in [0.1, 0.15) is 0 Å². The van der Waals surface area contributed by atoms with Gasteiger partial charge in [-0.25, -0.2) is 9.78 Å². The molecule has 8 nitrogen and oxygen atoms in total. The maximum Gasteiger partial charge on any atom is 0.339 e. The Kier molecular flexibility index (Phi) is 7.93. The number of hydrogen-bond acceptors (Lipinski definition) is 7. The van der Waals surface area contributed by atoms with Crippen molar-refractivity contribution in [2.75, 3.05) is 34.5 Å². The summed E-state index contributed by atoms with van der Waals surface area (Å²) < 4.78 is 21.9. The summed E-state index contributed by atoms with van der Waals surface area (Å²) in [6.07, 6.45) is 3.98. The highest BCUT2D eigenvalue weighted by molar-refractivity contribution is 6.05. The zero-order chi connectivity index (χ0) is 25.7. The van der Waals surface area contributed by atoms with Crippen LogP contribution in [-0.2, 0) is 9.53 Å². The number of rotatable bonds is 8. The predicted octanol–water partition coefficient (Wildman–Crippen LogP) is 4.88. The van der Waals surface area contributed by atoms with Gasteiger partial charge in [-0.2, -0.15) is 0 Å². The Morgan fingerprint density at radius 2 is 1.72 bits per heavy atom. The first-order valence-corrected chi connectivity index (χ1v) is 12.2. The van der Waals surface area contributed by atoms with Crippen LogP contribution in [0.1, 0.15) is 43.0 Å². The van der Waals surface area contributed by atoms with Gasteiger partial charge in [-0.1, -0.05) is 25.1 Å². The first kappa shape index (κ1) is 25.3. The second kappa shape index (κ2) is 11.3. The number of likely N-dealkylation sites (tertiary alicyclic amines) is 1. The van der Waals surface area contributed by atoms with E-state index in [0.29, 0.717) is 51.5 Å². The van der Waals surface area contributed by atoms with Crippen molar-refractivity contribution in [1.29, 1.82) is 0 Å². The maximum atomic E-state index is 13.2. The normalized spacial score (nSPS) is 15.4. The molecule has 0 N–H and O–H groups in total. The van der Waals surface area contributed by atoms with Crippen LogP contribution in [0, 0.1) is 0 Å². The lowest BCUT2D eigenvalue weighted by atomic mass is 10.00. The Labute approximate surface area is 211 Å². The molecule has 0 spiro atoms. The lowest BCUT2D eigenvalue weighted by Crippen LogP contribution is -2.45. The van der Waals surface area contributed by atoms with Crippen LogP contribution in [-0.4, -0.2) is 62.3 Å². The molecule has 0 radical (unpaired) electrons. The van der Waals surface area contributed by atoms with Crippen LogP contribution in [0.4, 0.5) is 0 Å². The Morgan fingerprint density at radius 3 is 2.39 bits per heavy atom. The molecule has 2 aromatic carbocycles. The number of methoxy groups -OCH3 is 3. The molecule has 4 rings (SSSR count). The molecule has 8 heteroatoms. The van der Waals surface area contributed by atoms with Crippen molar-refractivity contribution >= 4 is 22.8 Å². The molecule has 0 aliphatic carbocycles. The van der Waals surface area contributed by atoms with E-state index in [2.05, 4.69) is 6.92 Å². The van der Waals surface area contributed by atoms with Gasteiger partial charge < -0.3 is 23.8 Å². The van der Waals surface area contributed by atoms with Crippen LogP contribution in [0.5, 0.6) is 17.2 Å². The second-order valence-corrected chi connectivity index (χ2v) is 8.71. The van der Waals surface area contributed by atoms with E-state index in [9.17, 15) is 9.59 Å². The molecule has 190 valence electrons. The van der Waals surface area contributed by atoms with E-state index in [1.165, 1.54) is 7.11 Å². The van der Waals surface area contributed by atoms with Crippen LogP contribution in [0.2, 0.25) is 0 Å². The molecule has 1 unspecified atom stereocenters. The summed E-state index contributed by atoms with van der Waals surface area (Å²) in [4.78, 5) is 32.7. The number of aromatic nitrogens is 1. The number of para-hydroxylation sites is 1. The molecule has 1 fully saturated rings. The topological polar surface area (TPSA) is 87.2 Å². The summed E-state index contributed by atoms with van der Waals surface area (Å²) in [5.41, 5.74) is 2.18. The lowest BCUT2D eigenvalue weighted by molar-refractivity contribution is -0.138. The fraction of sp³-hybridized carbons (Fsp3) is 0.393. The third-order valence-electron chi connectivity index (χ3n) is 6.64. The Hall–Kier alpha value is -3.81. The smallest absolute Gasteiger partial charge is 0.339 e. The SMILES string of the molecule is CCC1CCCCN1C(=O)COC(=O)c1cc(-c2cc(OC)c(OC)c(OC)c2)nc2ccccc12. The fourth-order valence-electron chi connectivity index (χ4n) is 4.76. The first-order chi connectivity index (χ1) is 17.5. The Balaban J connectivity index is 1.66. The number of hydrogen-bond donors (Lipinski definition) is 0. The molecule has 1 aromatic heterocycles. The van der Waals surface area contributed by atoms with E-state index >= 15 is 0 Å². The molecule has 1 amide bonds. The fourth-order valence-corrected chi connectivity index (χ4v) is 4.76. The number of benzene rings is 2. The van der Waals surface area contributed by atoms with Gasteiger partial charge in [0, 0.05) is 23.5 Å². The quantitative estimate of drug-likeness (QED) is 0.414. The zero-order valence-corrected chi connectivity index (χ0v) is 21.2. The van der Waals surface area contributed by atoms with Gasteiger partial charge in [-0.15, -0.1) is 0 Å². The third-order valence-corrected chi connectivity index (χ3v) is 6.64. The molecule has 3 aromatic rings. The molecule has 1 aliphatic heterocycles. The van der Waals surface area contributed by atoms with Crippen molar-refractivity contribution in [2.24, 2.45) is 0 Å². The number of amides is 1. The second-order valence-electron chi connectivity index (χ2n) is 8.71. The van der Waals surface area contributed by atoms with Crippen LogP contribution >= 0.6 is 0 Å². The van der Waals surface area contributed by atoms with Crippen molar-refractivity contribution in [1.82, 2.24) is 9.88 Å². The zero-order valence-electron chi connectivity index (χ0n) is 21.2. The number of carbonyl (C=O) groups is 2. The number of pyridine rings is 1. The average Bonchev–Trinajstić information content (AvgIpc) is 2.94. The number of ether oxygens (including phenoxy) is 4. The standard InChI is InChI=1S/C28H32N2O6/c1-5-19-10-8-9-13-30(19)26(31)17-36-28(32)21-16-23(29-22-12-7-6-11-20(21)22)18-14-24(33-2)27(35-4)25(15-18)34-3/h6-7,11-12,14-16,19H,5,8-10,13,17H2,1-4H3. The summed E-state index contributed by atoms with van der Waals surface area (Å²) in [7, 11) is 4.62. The molecule has 1 aliphatic rings. The van der Waals surface area contributed by atoms with Crippen molar-refractivity contribution in [2.45, 2.75) is 38.6 Å². The van der Waals surface area contributed by atoms with Gasteiger partial charge in [0.2, 0.25) is 5.75 Å². The number of piperidine rings is 1. The van der Waals surface area contributed by atoms with Crippen molar-refractivity contribution in [3.8, 4) is 28.5 Å². The molecule has 2 heterocycles. The highest BCUT2D eigenvalue weighted by Crippen LogP contribution is 2.41. The molecule has 1 atom stereocenters. The Bertz CT molecular complexity index is 1230. The van der Waals surface area contributed by atoms with E-state index in [-0.39, 0.29) is 18.6 Å². The molecule has 1 saturated heterocycles. The molecular formula is C28H32N2O6. The minimum atomic E-state index is -0.569. The van der Waals surface area contributed by atoms with E-state index in [1.54, 1.807) is 32.4 Å². The average molecular weight is 493 g/mol. The predicted molar refractivity (Wildman–Crippen MR) is 137 cm³/mol. The van der Waals surface area contributed by atoms with Gasteiger partial charge in [-0.05, 0) is 49.9 Å². The van der Waals surface area contributed by atoms with Crippen LogP contribution in [0.15, 0.2) is 42.5 Å². The van der Waals surface area contributed by atoms with Crippen molar-refractivity contribution in [3.05, 3.63) is 48.0 Å². The Morgan fingerprint density at radius 1 is 1.00 bits per heavy atom. The number of esters is 1. The van der Waals surface area contributed by atoms with E-state index in [1.807, 2.05) is 29.2 Å². The minimum Gasteiger partial charge on any atom is -0.493 e. The monoisotopic (exact) mass is 492 g/mol. The van der Waals surface area contributed by atoms with Crippen LogP contribution in [0.25, 0.3) is 22.2 Å². The molecule has 36 heavy (non-hydrogen) atoms. The molecule has 0 bridgehead atoms. The van der Waals surface area contributed by atoms with E-state index < -0.39 is 5.97 Å². The van der Waals surface area contributed by atoms with Crippen LogP contribution in [0.3, 0.4) is 0 Å². The van der Waals surface area contributed by atoms with E-state index in [0.717, 1.165) is 25.7 Å². The number of fused-ring (bicyclic) bond motifs is 1. The van der Waals surface area contributed by atoms with Gasteiger partial charge in [-0.3, -0.25) is 4.79 Å². The minimum absolute atomic E-state index is 0.155. The van der Waals surface area contributed by atoms with Gasteiger partial charge in [0.15, 0.2) is 18.1 Å². The van der Waals surface area contributed by atoms with E-state index in [4.69, 9.17) is 23.9 Å². The summed E-state index contributed by atoms with van der Waals surface area (Å²) in [5, 5.41) is 0.649. The summed E-state index contributed by atoms with van der Waals surface area (Å²) in [6.45, 7) is 2.50. The van der Waals surface area contributed by atoms with Crippen molar-refractivity contribution in [3.63, 3.8) is 0 Å². The largest absolute Gasteiger partial charge is 0.493 e. The highest BCUT2D eigenvalue weighted by Gasteiger charge is 2.26. The van der Waals surface area contributed by atoms with Crippen molar-refractivity contribution < 1.29 is 28.5 Å². The number of carbonyl (C=O) groups excluding carboxylic acids is 2. The number of nitrogens with zero attached hydrogens (tertiary/aromatic N) is 2. The highest BCUT2D eigenvalue weighted by atomic mass is 16.5. The third kappa shape index (κ3) is 5.08. The van der Waals surface area contributed by atoms with Gasteiger partial charge in [0.25, 0.3) is 5.91 Å². The maximum absolute atomic E-state index is 13.2. The molecule has 0 saturated carbocycles.